The lowest BCUT2D eigenvalue weighted by atomic mass is 10.5. The van der Waals surface area contributed by atoms with Crippen LogP contribution in [0.1, 0.15) is 0 Å². The van der Waals surface area contributed by atoms with Crippen LogP contribution in [0.4, 0.5) is 0 Å². The second-order valence-electron chi connectivity index (χ2n) is 1.09. The van der Waals surface area contributed by atoms with E-state index in [4.69, 9.17) is 4.74 Å². The summed E-state index contributed by atoms with van der Waals surface area (Å²) < 4.78 is 4.80. The highest BCUT2D eigenvalue weighted by Crippen LogP contribution is 1.87. The Balaban J connectivity index is 0.000000360. The van der Waals surface area contributed by atoms with Crippen molar-refractivity contribution in [2.45, 2.75) is 0 Å². The summed E-state index contributed by atoms with van der Waals surface area (Å²) in [6, 6.07) is 0. The minimum absolute atomic E-state index is 0. The molecule has 0 N–H and O–H groups in total. The van der Waals surface area contributed by atoms with Gasteiger partial charge < -0.3 is 4.74 Å². The maximum atomic E-state index is 4.80. The Bertz CT molecular complexity index is 74.1. The highest BCUT2D eigenvalue weighted by molar-refractivity contribution is 14.0. The largest absolute Gasteiger partial charge is 0.497 e. The van der Waals surface area contributed by atoms with Gasteiger partial charge in [0.1, 0.15) is 6.61 Å². The van der Waals surface area contributed by atoms with E-state index in [0.29, 0.717) is 0 Å². The predicted octanol–water partition coefficient (Wildman–Crippen LogP) is 1.70. The summed E-state index contributed by atoms with van der Waals surface area (Å²) in [5.41, 5.74) is 0. The smallest absolute Gasteiger partial charge is 0.106 e. The number of hydrogen-bond acceptors (Lipinski definition) is 1. The summed E-state index contributed by atoms with van der Waals surface area (Å²) in [5.74, 6) is 0. The summed E-state index contributed by atoms with van der Waals surface area (Å²) >= 11 is 0. The van der Waals surface area contributed by atoms with Crippen molar-refractivity contribution in [2.75, 3.05) is 6.61 Å². The number of allylic oxidation sites excluding steroid dienone is 2. The fourth-order valence-electron chi connectivity index (χ4n) is 0.346. The Kier molecular flexibility index (Phi) is 4.18. The molecule has 0 aromatic rings. The molecule has 2 heteroatoms. The van der Waals surface area contributed by atoms with Crippen LogP contribution < -0.4 is 0 Å². The highest BCUT2D eigenvalue weighted by Gasteiger charge is 1.75. The first-order valence-electron chi connectivity index (χ1n) is 1.93. The van der Waals surface area contributed by atoms with E-state index >= 15 is 0 Å². The van der Waals surface area contributed by atoms with Crippen LogP contribution in [-0.4, -0.2) is 6.61 Å². The molecule has 0 radical (unpaired) electrons. The molecule has 7 heavy (non-hydrogen) atoms. The van der Waals surface area contributed by atoms with Crippen molar-refractivity contribution in [2.24, 2.45) is 0 Å². The van der Waals surface area contributed by atoms with E-state index in [1.54, 1.807) is 6.26 Å². The number of rotatable bonds is 0. The molecule has 0 aromatic carbocycles. The van der Waals surface area contributed by atoms with Gasteiger partial charge in [-0.3, -0.25) is 0 Å². The fraction of sp³-hybridized carbons (Fsp3) is 0.200. The molecule has 0 aromatic heterocycles. The third-order valence-electron chi connectivity index (χ3n) is 0.614. The molecule has 0 saturated carbocycles. The van der Waals surface area contributed by atoms with E-state index in [0.717, 1.165) is 6.61 Å². The van der Waals surface area contributed by atoms with Crippen LogP contribution in [0.3, 0.4) is 0 Å². The van der Waals surface area contributed by atoms with Gasteiger partial charge in [-0.1, -0.05) is 6.08 Å². The zero-order valence-corrected chi connectivity index (χ0v) is 6.16. The molecule has 0 atom stereocenters. The second kappa shape index (κ2) is 4.18. The Hall–Kier alpha value is 0.01000. The first-order chi connectivity index (χ1) is 3.00. The van der Waals surface area contributed by atoms with E-state index in [-0.39, 0.29) is 24.0 Å². The van der Waals surface area contributed by atoms with Gasteiger partial charge in [-0.25, -0.2) is 0 Å². The SMILES string of the molecule is C1=CCOC=C1.I. The molecule has 0 aliphatic carbocycles. The molecule has 0 fully saturated rings. The van der Waals surface area contributed by atoms with Gasteiger partial charge in [0.25, 0.3) is 0 Å². The molecule has 0 amide bonds. The van der Waals surface area contributed by atoms with Crippen LogP contribution in [0.15, 0.2) is 24.5 Å². The van der Waals surface area contributed by atoms with Gasteiger partial charge in [0.05, 0.1) is 6.26 Å². The molecule has 1 heterocycles. The fourth-order valence-corrected chi connectivity index (χ4v) is 0.346. The van der Waals surface area contributed by atoms with Gasteiger partial charge in [-0.05, 0) is 12.2 Å². The van der Waals surface area contributed by atoms with Crippen molar-refractivity contribution in [1.82, 2.24) is 0 Å². The van der Waals surface area contributed by atoms with Crippen LogP contribution in [-0.2, 0) is 4.74 Å². The molecule has 0 bridgehead atoms. The summed E-state index contributed by atoms with van der Waals surface area (Å²) in [5, 5.41) is 0. The van der Waals surface area contributed by atoms with Gasteiger partial charge in [0, 0.05) is 0 Å². The maximum absolute atomic E-state index is 4.80. The average Bonchev–Trinajstić information content (AvgIpc) is 1.72. The Morgan fingerprint density at radius 2 is 2.14 bits per heavy atom. The van der Waals surface area contributed by atoms with E-state index in [1.165, 1.54) is 0 Å². The molecule has 1 aliphatic heterocycles. The average molecular weight is 210 g/mol. The van der Waals surface area contributed by atoms with Gasteiger partial charge in [-0.2, -0.15) is 0 Å². The lowest BCUT2D eigenvalue weighted by Gasteiger charge is -1.94. The molecule has 1 aliphatic rings. The lowest BCUT2D eigenvalue weighted by molar-refractivity contribution is 0.286. The number of halogens is 1. The molecule has 0 unspecified atom stereocenters. The summed E-state index contributed by atoms with van der Waals surface area (Å²) in [6.07, 6.45) is 7.47. The molecule has 1 nitrogen and oxygen atoms in total. The zero-order valence-electron chi connectivity index (χ0n) is 3.83. The zero-order chi connectivity index (χ0) is 4.24. The van der Waals surface area contributed by atoms with Crippen LogP contribution >= 0.6 is 24.0 Å². The molecule has 40 valence electrons. The lowest BCUT2D eigenvalue weighted by Crippen LogP contribution is -1.82. The maximum Gasteiger partial charge on any atom is 0.106 e. The van der Waals surface area contributed by atoms with Crippen LogP contribution in [0, 0.1) is 0 Å². The van der Waals surface area contributed by atoms with Crippen LogP contribution in [0.25, 0.3) is 0 Å². The molecule has 1 rings (SSSR count). The quantitative estimate of drug-likeness (QED) is 0.553. The van der Waals surface area contributed by atoms with Crippen molar-refractivity contribution in [1.29, 1.82) is 0 Å². The van der Waals surface area contributed by atoms with E-state index in [1.807, 2.05) is 18.2 Å². The summed E-state index contributed by atoms with van der Waals surface area (Å²) in [6.45, 7) is 0.733. The first-order valence-corrected chi connectivity index (χ1v) is 1.93. The number of ether oxygens (including phenoxy) is 1. The van der Waals surface area contributed by atoms with Crippen LogP contribution in [0.2, 0.25) is 0 Å². The monoisotopic (exact) mass is 210 g/mol. The molecular weight excluding hydrogens is 203 g/mol. The normalized spacial score (nSPS) is 14.9. The molecular formula is C5H7IO. The van der Waals surface area contributed by atoms with E-state index in [2.05, 4.69) is 0 Å². The summed E-state index contributed by atoms with van der Waals surface area (Å²) in [7, 11) is 0. The minimum Gasteiger partial charge on any atom is -0.497 e. The van der Waals surface area contributed by atoms with Gasteiger partial charge in [0.2, 0.25) is 0 Å². The first kappa shape index (κ1) is 7.01. The van der Waals surface area contributed by atoms with Crippen molar-refractivity contribution < 1.29 is 4.74 Å². The third-order valence-corrected chi connectivity index (χ3v) is 0.614. The second-order valence-corrected chi connectivity index (χ2v) is 1.09. The minimum atomic E-state index is 0. The van der Waals surface area contributed by atoms with Crippen molar-refractivity contribution in [3.8, 4) is 0 Å². The van der Waals surface area contributed by atoms with E-state index < -0.39 is 0 Å². The number of hydrogen-bond donors (Lipinski definition) is 0. The third kappa shape index (κ3) is 2.68. The van der Waals surface area contributed by atoms with Crippen molar-refractivity contribution in [3.63, 3.8) is 0 Å². The molecule has 0 spiro atoms. The Morgan fingerprint density at radius 3 is 2.29 bits per heavy atom. The van der Waals surface area contributed by atoms with Gasteiger partial charge >= 0.3 is 0 Å². The summed E-state index contributed by atoms with van der Waals surface area (Å²) in [4.78, 5) is 0. The van der Waals surface area contributed by atoms with Gasteiger partial charge in [0.15, 0.2) is 0 Å². The predicted molar refractivity (Wildman–Crippen MR) is 39.6 cm³/mol. The van der Waals surface area contributed by atoms with Crippen molar-refractivity contribution in [3.05, 3.63) is 24.5 Å². The van der Waals surface area contributed by atoms with Gasteiger partial charge in [-0.15, -0.1) is 24.0 Å². The Labute approximate surface area is 60.1 Å². The Morgan fingerprint density at radius 1 is 1.29 bits per heavy atom. The molecule has 0 saturated heterocycles. The standard InChI is InChI=1S/C5H6O.HI/c1-2-4-6-5-3-1;/h1-4H,5H2;1H. The van der Waals surface area contributed by atoms with E-state index in [9.17, 15) is 0 Å². The van der Waals surface area contributed by atoms with Crippen molar-refractivity contribution >= 4 is 24.0 Å². The highest BCUT2D eigenvalue weighted by atomic mass is 127. The topological polar surface area (TPSA) is 9.23 Å². The van der Waals surface area contributed by atoms with Crippen LogP contribution in [0.5, 0.6) is 0 Å².